The summed E-state index contributed by atoms with van der Waals surface area (Å²) >= 11 is 0. The van der Waals surface area contributed by atoms with Crippen LogP contribution < -0.4 is 10.6 Å². The van der Waals surface area contributed by atoms with Crippen LogP contribution in [0, 0.1) is 0 Å². The molecular formula is C24H27N5O5. The Balaban J connectivity index is 1.60. The van der Waals surface area contributed by atoms with Crippen molar-refractivity contribution in [1.82, 2.24) is 10.6 Å². The van der Waals surface area contributed by atoms with Gasteiger partial charge in [0.25, 0.3) is 0 Å². The summed E-state index contributed by atoms with van der Waals surface area (Å²) in [5.74, 6) is -1.13. The molecule has 0 aliphatic heterocycles. The number of azide groups is 1. The van der Waals surface area contributed by atoms with Crippen molar-refractivity contribution in [3.8, 4) is 11.1 Å². The Morgan fingerprint density at radius 3 is 2.29 bits per heavy atom. The van der Waals surface area contributed by atoms with E-state index in [0.717, 1.165) is 22.3 Å². The molecule has 0 spiro atoms. The van der Waals surface area contributed by atoms with E-state index in [9.17, 15) is 14.4 Å². The number of ether oxygens (including phenoxy) is 2. The minimum atomic E-state index is -0.891. The summed E-state index contributed by atoms with van der Waals surface area (Å²) in [6.45, 7) is 1.35. The lowest BCUT2D eigenvalue weighted by Gasteiger charge is -2.19. The predicted molar refractivity (Wildman–Crippen MR) is 125 cm³/mol. The van der Waals surface area contributed by atoms with Gasteiger partial charge >= 0.3 is 12.1 Å². The average molecular weight is 466 g/mol. The van der Waals surface area contributed by atoms with Crippen LogP contribution in [0.25, 0.3) is 21.6 Å². The van der Waals surface area contributed by atoms with Crippen LogP contribution in [0.3, 0.4) is 0 Å². The van der Waals surface area contributed by atoms with E-state index < -0.39 is 24.0 Å². The van der Waals surface area contributed by atoms with E-state index in [2.05, 4.69) is 20.7 Å². The van der Waals surface area contributed by atoms with Crippen LogP contribution >= 0.6 is 0 Å². The molecule has 2 aromatic rings. The van der Waals surface area contributed by atoms with E-state index in [1.54, 1.807) is 0 Å². The molecule has 2 amide bonds. The maximum atomic E-state index is 12.6. The number of alkyl carbamates (subject to hydrolysis) is 1. The highest BCUT2D eigenvalue weighted by molar-refractivity contribution is 5.85. The lowest BCUT2D eigenvalue weighted by molar-refractivity contribution is -0.143. The zero-order valence-electron chi connectivity index (χ0n) is 18.9. The number of hydrogen-bond donors (Lipinski definition) is 2. The lowest BCUT2D eigenvalue weighted by atomic mass is 9.98. The van der Waals surface area contributed by atoms with E-state index in [4.69, 9.17) is 15.0 Å². The highest BCUT2D eigenvalue weighted by atomic mass is 16.6. The first-order valence-corrected chi connectivity index (χ1v) is 11.0. The highest BCUT2D eigenvalue weighted by Crippen LogP contribution is 2.44. The number of nitrogens with one attached hydrogen (secondary N) is 2. The molecule has 178 valence electrons. The highest BCUT2D eigenvalue weighted by Gasteiger charge is 2.29. The molecular weight excluding hydrogens is 438 g/mol. The lowest BCUT2D eigenvalue weighted by Crippen LogP contribution is -2.47. The monoisotopic (exact) mass is 465 g/mol. The van der Waals surface area contributed by atoms with Crippen LogP contribution in [-0.4, -0.2) is 43.9 Å². The number of esters is 1. The summed E-state index contributed by atoms with van der Waals surface area (Å²) in [5.41, 5.74) is 12.8. The molecule has 0 heterocycles. The first-order chi connectivity index (χ1) is 16.5. The quantitative estimate of drug-likeness (QED) is 0.129. The zero-order chi connectivity index (χ0) is 24.3. The second-order valence-electron chi connectivity index (χ2n) is 7.79. The first-order valence-electron chi connectivity index (χ1n) is 11.0. The molecule has 2 N–H and O–H groups in total. The molecule has 1 atom stereocenters. The summed E-state index contributed by atoms with van der Waals surface area (Å²) in [6, 6.07) is 15.1. The minimum absolute atomic E-state index is 0.0989. The molecule has 0 unspecified atom stereocenters. The maximum absolute atomic E-state index is 12.6. The van der Waals surface area contributed by atoms with Crippen LogP contribution in [0.2, 0.25) is 0 Å². The van der Waals surface area contributed by atoms with Gasteiger partial charge in [-0.3, -0.25) is 9.59 Å². The fraction of sp³-hybridized carbons (Fsp3) is 0.375. The summed E-state index contributed by atoms with van der Waals surface area (Å²) in [4.78, 5) is 38.7. The van der Waals surface area contributed by atoms with Gasteiger partial charge in [0.2, 0.25) is 5.91 Å². The second-order valence-corrected chi connectivity index (χ2v) is 7.79. The van der Waals surface area contributed by atoms with Gasteiger partial charge in [-0.15, -0.1) is 0 Å². The predicted octanol–water partition coefficient (Wildman–Crippen LogP) is 4.01. The molecule has 0 bridgehead atoms. The Kier molecular flexibility index (Phi) is 8.88. The molecule has 10 heteroatoms. The van der Waals surface area contributed by atoms with Gasteiger partial charge < -0.3 is 20.1 Å². The Labute approximate surface area is 197 Å². The average Bonchev–Trinajstić information content (AvgIpc) is 3.15. The number of fused-ring (bicyclic) bond motifs is 3. The number of nitrogens with zero attached hydrogens (tertiary/aromatic N) is 3. The van der Waals surface area contributed by atoms with Gasteiger partial charge in [-0.2, -0.15) is 0 Å². The Morgan fingerprint density at radius 1 is 1.03 bits per heavy atom. The number of benzene rings is 2. The van der Waals surface area contributed by atoms with Gasteiger partial charge in [0.05, 0.1) is 0 Å². The molecule has 1 aliphatic rings. The molecule has 0 aromatic heterocycles. The molecule has 1 aliphatic carbocycles. The van der Waals surface area contributed by atoms with Crippen molar-refractivity contribution in [2.75, 3.05) is 19.9 Å². The number of carbonyl (C=O) groups excluding carboxylic acids is 3. The fourth-order valence-corrected chi connectivity index (χ4v) is 3.96. The second kappa shape index (κ2) is 12.3. The molecule has 34 heavy (non-hydrogen) atoms. The SMILES string of the molecule is CC(=O)OCNC(=O)[C@H](CCCCN=[N+]=[N-])NC(=O)OCC1c2ccccc2-c2ccccc21. The summed E-state index contributed by atoms with van der Waals surface area (Å²) in [7, 11) is 0. The molecule has 3 rings (SSSR count). The first kappa shape index (κ1) is 24.6. The van der Waals surface area contributed by atoms with Crippen LogP contribution in [-0.2, 0) is 19.1 Å². The van der Waals surface area contributed by atoms with Crippen LogP contribution in [0.15, 0.2) is 53.6 Å². The van der Waals surface area contributed by atoms with E-state index in [1.807, 2.05) is 48.5 Å². The smallest absolute Gasteiger partial charge is 0.407 e. The number of unbranched alkanes of at least 4 members (excludes halogenated alkanes) is 1. The zero-order valence-corrected chi connectivity index (χ0v) is 18.9. The summed E-state index contributed by atoms with van der Waals surface area (Å²) in [5, 5.41) is 8.53. The van der Waals surface area contributed by atoms with Gasteiger partial charge in [-0.25, -0.2) is 4.79 Å². The van der Waals surface area contributed by atoms with Crippen molar-refractivity contribution in [1.29, 1.82) is 0 Å². The molecule has 0 radical (unpaired) electrons. The number of hydrogen-bond acceptors (Lipinski definition) is 6. The van der Waals surface area contributed by atoms with E-state index >= 15 is 0 Å². The summed E-state index contributed by atoms with van der Waals surface area (Å²) < 4.78 is 10.3. The van der Waals surface area contributed by atoms with Gasteiger partial charge in [0.15, 0.2) is 6.73 Å². The van der Waals surface area contributed by atoms with Crippen molar-refractivity contribution in [3.63, 3.8) is 0 Å². The van der Waals surface area contributed by atoms with Crippen molar-refractivity contribution in [3.05, 3.63) is 70.1 Å². The minimum Gasteiger partial charge on any atom is -0.449 e. The third-order valence-corrected chi connectivity index (χ3v) is 5.54. The third kappa shape index (κ3) is 6.49. The van der Waals surface area contributed by atoms with Gasteiger partial charge in [0, 0.05) is 24.3 Å². The van der Waals surface area contributed by atoms with Crippen LogP contribution in [0.4, 0.5) is 4.79 Å². The van der Waals surface area contributed by atoms with Crippen LogP contribution in [0.5, 0.6) is 0 Å². The van der Waals surface area contributed by atoms with Crippen molar-refractivity contribution < 1.29 is 23.9 Å². The third-order valence-electron chi connectivity index (χ3n) is 5.54. The molecule has 0 saturated carbocycles. The topological polar surface area (TPSA) is 142 Å². The fourth-order valence-electron chi connectivity index (χ4n) is 3.96. The van der Waals surface area contributed by atoms with Crippen molar-refractivity contribution in [2.24, 2.45) is 5.11 Å². The Hall–Kier alpha value is -4.04. The molecule has 0 saturated heterocycles. The van der Waals surface area contributed by atoms with E-state index in [1.165, 1.54) is 6.92 Å². The Bertz CT molecular complexity index is 1040. The van der Waals surface area contributed by atoms with E-state index in [0.29, 0.717) is 25.8 Å². The Morgan fingerprint density at radius 2 is 1.68 bits per heavy atom. The number of carbonyl (C=O) groups is 3. The van der Waals surface area contributed by atoms with Crippen molar-refractivity contribution in [2.45, 2.75) is 38.1 Å². The van der Waals surface area contributed by atoms with Crippen LogP contribution in [0.1, 0.15) is 43.2 Å². The van der Waals surface area contributed by atoms with E-state index in [-0.39, 0.29) is 19.3 Å². The largest absolute Gasteiger partial charge is 0.449 e. The van der Waals surface area contributed by atoms with Gasteiger partial charge in [-0.05, 0) is 40.6 Å². The molecule has 0 fully saturated rings. The maximum Gasteiger partial charge on any atom is 0.407 e. The van der Waals surface area contributed by atoms with Gasteiger partial charge in [0.1, 0.15) is 12.6 Å². The number of rotatable bonds is 11. The number of amides is 2. The normalized spacial score (nSPS) is 12.5. The summed E-state index contributed by atoms with van der Waals surface area (Å²) in [6.07, 6.45) is 0.680. The standard InChI is InChI=1S/C24H27N5O5/c1-16(30)34-15-26-23(31)22(12-6-7-13-27-29-25)28-24(32)33-14-21-19-10-4-2-8-17(19)18-9-3-5-11-20(18)21/h2-5,8-11,21-22H,6-7,12-15H2,1H3,(H,26,31)(H,28,32)/t22-/m0/s1. The van der Waals surface area contributed by atoms with Gasteiger partial charge in [-0.1, -0.05) is 60.1 Å². The van der Waals surface area contributed by atoms with Crippen molar-refractivity contribution >= 4 is 18.0 Å². The molecule has 10 nitrogen and oxygen atoms in total. The molecule has 2 aromatic carbocycles.